The lowest BCUT2D eigenvalue weighted by Gasteiger charge is -2.24. The topological polar surface area (TPSA) is 79.9 Å². The summed E-state index contributed by atoms with van der Waals surface area (Å²) in [4.78, 5) is 28.3. The number of likely N-dealkylation sites (N-methyl/N-ethyl adjacent to an activating group) is 1. The molecule has 0 aliphatic rings. The number of halogens is 7. The molecule has 3 rings (SSSR count). The molecule has 15 heteroatoms. The van der Waals surface area contributed by atoms with E-state index in [1.165, 1.54) is 0 Å². The number of imidazole rings is 1. The molecule has 1 N–H and O–H groups in total. The highest BCUT2D eigenvalue weighted by molar-refractivity contribution is 5.89. The second-order valence-electron chi connectivity index (χ2n) is 9.19. The predicted octanol–water partition coefficient (Wildman–Crippen LogP) is 4.68. The number of hydrogen-bond donors (Lipinski definition) is 1. The van der Waals surface area contributed by atoms with Crippen LogP contribution < -0.4 is 15.3 Å². The third kappa shape index (κ3) is 6.65. The van der Waals surface area contributed by atoms with E-state index in [-0.39, 0.29) is 24.8 Å². The molecule has 0 spiro atoms. The molecule has 0 saturated carbocycles. The van der Waals surface area contributed by atoms with E-state index in [4.69, 9.17) is 4.74 Å². The molecule has 1 unspecified atom stereocenters. The smallest absolute Gasteiger partial charge is 0.407 e. The second-order valence-corrected chi connectivity index (χ2v) is 9.19. The molecule has 40 heavy (non-hydrogen) atoms. The summed E-state index contributed by atoms with van der Waals surface area (Å²) in [6, 6.07) is 4.01. The normalized spacial score (nSPS) is 13.0. The van der Waals surface area contributed by atoms with Gasteiger partial charge in [-0.25, -0.2) is 14.0 Å². The number of nitrogens with zero attached hydrogens (tertiary/aromatic N) is 4. The molecule has 0 aliphatic heterocycles. The number of alkyl halides is 6. The zero-order valence-electron chi connectivity index (χ0n) is 21.6. The lowest BCUT2D eigenvalue weighted by atomic mass is 10.00. The summed E-state index contributed by atoms with van der Waals surface area (Å²) in [5.41, 5.74) is -6.52. The number of anilines is 1. The Morgan fingerprint density at radius 1 is 1.00 bits per heavy atom. The minimum atomic E-state index is -5.44. The number of aliphatic hydroxyl groups excluding tert-OH is 1. The zero-order chi connectivity index (χ0) is 30.2. The van der Waals surface area contributed by atoms with Crippen LogP contribution in [0.2, 0.25) is 0 Å². The fourth-order valence-corrected chi connectivity index (χ4v) is 4.00. The van der Waals surface area contributed by atoms with Gasteiger partial charge in [0, 0.05) is 31.7 Å². The van der Waals surface area contributed by atoms with Crippen LogP contribution in [0.15, 0.2) is 47.5 Å². The first-order valence-electron chi connectivity index (χ1n) is 11.6. The fraction of sp³-hybridized carbons (Fsp3) is 0.360. The fourth-order valence-electron chi connectivity index (χ4n) is 4.00. The van der Waals surface area contributed by atoms with Crippen LogP contribution in [0.3, 0.4) is 0 Å². The van der Waals surface area contributed by atoms with Gasteiger partial charge in [0.25, 0.3) is 0 Å². The van der Waals surface area contributed by atoms with Crippen molar-refractivity contribution < 1.29 is 45.4 Å². The molecular weight excluding hydrogens is 553 g/mol. The standard InChI is InChI=1S/C25H25F7N4O4/c1-14-18(24(27,28)29)11-19(25(30,31)32)21(40-23(39)34(4)16-7-5-15(26)6-8-16)20(14)36-10-9-35(22(36)38)13-17(37)12-33(2)3/h5-11,17,37H,12-13H2,1-4H3. The van der Waals surface area contributed by atoms with E-state index in [0.717, 1.165) is 55.2 Å². The summed E-state index contributed by atoms with van der Waals surface area (Å²) in [5.74, 6) is -2.00. The van der Waals surface area contributed by atoms with Gasteiger partial charge < -0.3 is 14.7 Å². The van der Waals surface area contributed by atoms with Crippen molar-refractivity contribution in [3.05, 3.63) is 75.7 Å². The second kappa shape index (κ2) is 11.3. The number of carbonyl (C=O) groups excluding carboxylic acids is 1. The van der Waals surface area contributed by atoms with Gasteiger partial charge in [0.15, 0.2) is 5.75 Å². The van der Waals surface area contributed by atoms with Crippen molar-refractivity contribution in [1.82, 2.24) is 14.0 Å². The van der Waals surface area contributed by atoms with Gasteiger partial charge in [-0.3, -0.25) is 14.0 Å². The van der Waals surface area contributed by atoms with E-state index in [1.54, 1.807) is 19.0 Å². The molecular formula is C25H25F7N4O4. The lowest BCUT2D eigenvalue weighted by Crippen LogP contribution is -2.34. The van der Waals surface area contributed by atoms with Crippen LogP contribution in [0, 0.1) is 12.7 Å². The van der Waals surface area contributed by atoms with Crippen LogP contribution in [0.4, 0.5) is 41.2 Å². The Kier molecular flexibility index (Phi) is 8.69. The summed E-state index contributed by atoms with van der Waals surface area (Å²) in [6.45, 7) is 0.623. The van der Waals surface area contributed by atoms with Crippen molar-refractivity contribution in [2.75, 3.05) is 32.6 Å². The van der Waals surface area contributed by atoms with Crippen molar-refractivity contribution in [3.8, 4) is 11.4 Å². The van der Waals surface area contributed by atoms with Gasteiger partial charge in [0.1, 0.15) is 11.4 Å². The van der Waals surface area contributed by atoms with Gasteiger partial charge in [-0.15, -0.1) is 0 Å². The maximum absolute atomic E-state index is 14.1. The van der Waals surface area contributed by atoms with E-state index < -0.39 is 64.2 Å². The molecule has 1 atom stereocenters. The Labute approximate surface area is 223 Å². The first-order valence-corrected chi connectivity index (χ1v) is 11.6. The number of aliphatic hydroxyl groups is 1. The highest BCUT2D eigenvalue weighted by Gasteiger charge is 2.43. The molecule has 218 valence electrons. The molecule has 0 radical (unpaired) electrons. The maximum Gasteiger partial charge on any atom is 0.420 e. The van der Waals surface area contributed by atoms with Crippen LogP contribution >= 0.6 is 0 Å². The first-order chi connectivity index (χ1) is 18.4. The van der Waals surface area contributed by atoms with Crippen LogP contribution in [-0.2, 0) is 18.9 Å². The summed E-state index contributed by atoms with van der Waals surface area (Å²) in [7, 11) is 4.38. The van der Waals surface area contributed by atoms with Gasteiger partial charge in [-0.05, 0) is 56.9 Å². The number of amides is 1. The van der Waals surface area contributed by atoms with E-state index in [1.807, 2.05) is 0 Å². The highest BCUT2D eigenvalue weighted by Crippen LogP contribution is 2.46. The average molecular weight is 578 g/mol. The SMILES string of the molecule is Cc1c(C(F)(F)F)cc(C(F)(F)F)c(OC(=O)N(C)c2ccc(F)cc2)c1-n1ccn(CC(O)CN(C)C)c1=O. The monoisotopic (exact) mass is 578 g/mol. The van der Waals surface area contributed by atoms with E-state index in [9.17, 15) is 45.4 Å². The molecule has 1 amide bonds. The van der Waals surface area contributed by atoms with Crippen LogP contribution in [-0.4, -0.2) is 59.0 Å². The summed E-state index contributed by atoms with van der Waals surface area (Å²) >= 11 is 0. The third-order valence-corrected chi connectivity index (χ3v) is 5.87. The van der Waals surface area contributed by atoms with Gasteiger partial charge in [-0.1, -0.05) is 0 Å². The number of aromatic nitrogens is 2. The molecule has 2 aromatic carbocycles. The van der Waals surface area contributed by atoms with Gasteiger partial charge in [0.05, 0.1) is 23.9 Å². The van der Waals surface area contributed by atoms with E-state index >= 15 is 0 Å². The molecule has 1 heterocycles. The molecule has 1 aromatic heterocycles. The van der Waals surface area contributed by atoms with Crippen LogP contribution in [0.5, 0.6) is 5.75 Å². The summed E-state index contributed by atoms with van der Waals surface area (Å²) in [5, 5.41) is 10.2. The van der Waals surface area contributed by atoms with Crippen molar-refractivity contribution in [3.63, 3.8) is 0 Å². The maximum atomic E-state index is 14.1. The first kappa shape index (κ1) is 30.7. The van der Waals surface area contributed by atoms with Crippen LogP contribution in [0.1, 0.15) is 16.7 Å². The highest BCUT2D eigenvalue weighted by atomic mass is 19.4. The Balaban J connectivity index is 2.24. The zero-order valence-corrected chi connectivity index (χ0v) is 21.6. The Morgan fingerprint density at radius 3 is 2.10 bits per heavy atom. The Morgan fingerprint density at radius 2 is 1.57 bits per heavy atom. The van der Waals surface area contributed by atoms with Gasteiger partial charge in [-0.2, -0.15) is 26.3 Å². The van der Waals surface area contributed by atoms with Gasteiger partial charge >= 0.3 is 24.1 Å². The molecule has 0 saturated heterocycles. The van der Waals surface area contributed by atoms with Crippen molar-refractivity contribution in [1.29, 1.82) is 0 Å². The van der Waals surface area contributed by atoms with E-state index in [0.29, 0.717) is 9.47 Å². The summed E-state index contributed by atoms with van der Waals surface area (Å²) < 4.78 is 104. The number of hydrogen-bond acceptors (Lipinski definition) is 5. The number of rotatable bonds is 7. The number of benzene rings is 2. The molecule has 0 fully saturated rings. The molecule has 3 aromatic rings. The minimum absolute atomic E-state index is 0.00309. The van der Waals surface area contributed by atoms with Crippen molar-refractivity contribution in [2.45, 2.75) is 31.9 Å². The number of ether oxygens (including phenoxy) is 1. The quantitative estimate of drug-likeness (QED) is 0.412. The third-order valence-electron chi connectivity index (χ3n) is 5.87. The van der Waals surface area contributed by atoms with Crippen molar-refractivity contribution in [2.24, 2.45) is 0 Å². The predicted molar refractivity (Wildman–Crippen MR) is 130 cm³/mol. The Hall–Kier alpha value is -3.85. The molecule has 8 nitrogen and oxygen atoms in total. The average Bonchev–Trinajstić information content (AvgIpc) is 3.16. The largest absolute Gasteiger partial charge is 0.420 e. The van der Waals surface area contributed by atoms with E-state index in [2.05, 4.69) is 0 Å². The minimum Gasteiger partial charge on any atom is -0.407 e. The molecule has 0 aliphatic carbocycles. The number of carbonyl (C=O) groups is 1. The summed E-state index contributed by atoms with van der Waals surface area (Å²) in [6.07, 6.45) is -11.3. The Bertz CT molecular complexity index is 1430. The lowest BCUT2D eigenvalue weighted by molar-refractivity contribution is -0.143. The molecule has 0 bridgehead atoms. The van der Waals surface area contributed by atoms with Gasteiger partial charge in [0.2, 0.25) is 0 Å². The van der Waals surface area contributed by atoms with Crippen molar-refractivity contribution >= 4 is 11.8 Å². The van der Waals surface area contributed by atoms with Crippen LogP contribution in [0.25, 0.3) is 5.69 Å².